The van der Waals surface area contributed by atoms with Crippen molar-refractivity contribution < 1.29 is 14.7 Å². The van der Waals surface area contributed by atoms with Crippen LogP contribution in [-0.2, 0) is 9.59 Å². The molecule has 1 amide bonds. The summed E-state index contributed by atoms with van der Waals surface area (Å²) in [5, 5.41) is 12.0. The SMILES string of the molecule is CCN(C(=O)C1CCNC1C)C(C)CC(=O)O. The van der Waals surface area contributed by atoms with Crippen LogP contribution in [0, 0.1) is 5.92 Å². The summed E-state index contributed by atoms with van der Waals surface area (Å²) < 4.78 is 0. The van der Waals surface area contributed by atoms with E-state index in [1.54, 1.807) is 11.8 Å². The van der Waals surface area contributed by atoms with Crippen molar-refractivity contribution in [3.8, 4) is 0 Å². The minimum atomic E-state index is -0.860. The molecule has 1 fully saturated rings. The van der Waals surface area contributed by atoms with Crippen molar-refractivity contribution in [2.75, 3.05) is 13.1 Å². The summed E-state index contributed by atoms with van der Waals surface area (Å²) in [6.07, 6.45) is 0.852. The summed E-state index contributed by atoms with van der Waals surface area (Å²) in [5.41, 5.74) is 0. The maximum Gasteiger partial charge on any atom is 0.305 e. The van der Waals surface area contributed by atoms with Gasteiger partial charge in [0.05, 0.1) is 12.3 Å². The van der Waals surface area contributed by atoms with Crippen LogP contribution < -0.4 is 5.32 Å². The lowest BCUT2D eigenvalue weighted by Gasteiger charge is -2.30. The molecule has 5 heteroatoms. The predicted octanol–water partition coefficient (Wildman–Crippen LogP) is 0.696. The van der Waals surface area contributed by atoms with Crippen LogP contribution in [0.3, 0.4) is 0 Å². The molecule has 1 saturated heterocycles. The summed E-state index contributed by atoms with van der Waals surface area (Å²) in [6, 6.07) is -0.0496. The van der Waals surface area contributed by atoms with Gasteiger partial charge in [0.2, 0.25) is 5.91 Å². The highest BCUT2D eigenvalue weighted by molar-refractivity contribution is 5.81. The Morgan fingerprint density at radius 3 is 2.59 bits per heavy atom. The number of hydrogen-bond donors (Lipinski definition) is 2. The maximum absolute atomic E-state index is 12.3. The Labute approximate surface area is 102 Å². The van der Waals surface area contributed by atoms with Crippen molar-refractivity contribution in [1.82, 2.24) is 10.2 Å². The molecular weight excluding hydrogens is 220 g/mol. The number of carboxylic acids is 1. The van der Waals surface area contributed by atoms with Gasteiger partial charge in [-0.3, -0.25) is 9.59 Å². The lowest BCUT2D eigenvalue weighted by atomic mass is 9.99. The van der Waals surface area contributed by atoms with E-state index in [2.05, 4.69) is 5.32 Å². The fraction of sp³-hybridized carbons (Fsp3) is 0.833. The molecule has 1 aliphatic rings. The molecule has 1 heterocycles. The molecule has 5 nitrogen and oxygen atoms in total. The van der Waals surface area contributed by atoms with E-state index in [1.807, 2.05) is 13.8 Å². The fourth-order valence-electron chi connectivity index (χ4n) is 2.46. The highest BCUT2D eigenvalue weighted by atomic mass is 16.4. The maximum atomic E-state index is 12.3. The lowest BCUT2D eigenvalue weighted by Crippen LogP contribution is -2.45. The standard InChI is InChI=1S/C12H22N2O3/c1-4-14(8(2)7-11(15)16)12(17)10-5-6-13-9(10)3/h8-10,13H,4-7H2,1-3H3,(H,15,16). The van der Waals surface area contributed by atoms with E-state index in [4.69, 9.17) is 5.11 Å². The smallest absolute Gasteiger partial charge is 0.305 e. The van der Waals surface area contributed by atoms with Crippen LogP contribution in [0.4, 0.5) is 0 Å². The lowest BCUT2D eigenvalue weighted by molar-refractivity contribution is -0.142. The van der Waals surface area contributed by atoms with Gasteiger partial charge in [0.15, 0.2) is 0 Å². The average Bonchev–Trinajstić information content (AvgIpc) is 2.64. The number of nitrogens with zero attached hydrogens (tertiary/aromatic N) is 1. The van der Waals surface area contributed by atoms with E-state index in [0.717, 1.165) is 13.0 Å². The number of carboxylic acid groups (broad SMARTS) is 1. The van der Waals surface area contributed by atoms with Crippen LogP contribution in [0.2, 0.25) is 0 Å². The molecule has 0 aromatic rings. The van der Waals surface area contributed by atoms with Gasteiger partial charge in [0, 0.05) is 18.6 Å². The van der Waals surface area contributed by atoms with Crippen molar-refractivity contribution in [2.24, 2.45) is 5.92 Å². The highest BCUT2D eigenvalue weighted by Gasteiger charge is 2.34. The molecule has 98 valence electrons. The molecule has 3 atom stereocenters. The van der Waals surface area contributed by atoms with E-state index in [1.165, 1.54) is 0 Å². The van der Waals surface area contributed by atoms with Crippen LogP contribution in [-0.4, -0.2) is 47.1 Å². The Morgan fingerprint density at radius 1 is 1.53 bits per heavy atom. The van der Waals surface area contributed by atoms with Gasteiger partial charge in [-0.2, -0.15) is 0 Å². The molecule has 3 unspecified atom stereocenters. The summed E-state index contributed by atoms with van der Waals surface area (Å²) >= 11 is 0. The van der Waals surface area contributed by atoms with E-state index < -0.39 is 5.97 Å². The molecule has 1 rings (SSSR count). The van der Waals surface area contributed by atoms with Gasteiger partial charge in [0.25, 0.3) is 0 Å². The second kappa shape index (κ2) is 6.00. The van der Waals surface area contributed by atoms with Gasteiger partial charge in [-0.15, -0.1) is 0 Å². The van der Waals surface area contributed by atoms with E-state index in [-0.39, 0.29) is 30.3 Å². The molecule has 0 aromatic carbocycles. The number of carbonyl (C=O) groups is 2. The van der Waals surface area contributed by atoms with Gasteiger partial charge in [-0.1, -0.05) is 0 Å². The third-order valence-corrected chi connectivity index (χ3v) is 3.47. The monoisotopic (exact) mass is 242 g/mol. The minimum Gasteiger partial charge on any atom is -0.481 e. The summed E-state index contributed by atoms with van der Waals surface area (Å²) in [7, 11) is 0. The molecule has 0 aromatic heterocycles. The number of hydrogen-bond acceptors (Lipinski definition) is 3. The Morgan fingerprint density at radius 2 is 2.18 bits per heavy atom. The van der Waals surface area contributed by atoms with E-state index in [0.29, 0.717) is 6.54 Å². The number of nitrogens with one attached hydrogen (secondary N) is 1. The molecule has 0 radical (unpaired) electrons. The zero-order valence-electron chi connectivity index (χ0n) is 10.8. The highest BCUT2D eigenvalue weighted by Crippen LogP contribution is 2.20. The molecular formula is C12H22N2O3. The topological polar surface area (TPSA) is 69.6 Å². The van der Waals surface area contributed by atoms with Crippen LogP contribution >= 0.6 is 0 Å². The molecule has 0 aliphatic carbocycles. The van der Waals surface area contributed by atoms with Gasteiger partial charge < -0.3 is 15.3 Å². The van der Waals surface area contributed by atoms with Crippen LogP contribution in [0.15, 0.2) is 0 Å². The Hall–Kier alpha value is -1.10. The second-order valence-corrected chi connectivity index (χ2v) is 4.71. The predicted molar refractivity (Wildman–Crippen MR) is 64.7 cm³/mol. The Balaban J connectivity index is 2.66. The van der Waals surface area contributed by atoms with Crippen molar-refractivity contribution in [2.45, 2.75) is 45.7 Å². The molecule has 0 saturated carbocycles. The van der Waals surface area contributed by atoms with E-state index in [9.17, 15) is 9.59 Å². The van der Waals surface area contributed by atoms with Crippen molar-refractivity contribution in [3.05, 3.63) is 0 Å². The van der Waals surface area contributed by atoms with Gasteiger partial charge in [-0.25, -0.2) is 0 Å². The molecule has 0 bridgehead atoms. The van der Waals surface area contributed by atoms with Crippen LogP contribution in [0.1, 0.15) is 33.6 Å². The number of carbonyl (C=O) groups excluding carboxylic acids is 1. The molecule has 1 aliphatic heterocycles. The number of aliphatic carboxylic acids is 1. The zero-order valence-corrected chi connectivity index (χ0v) is 10.8. The van der Waals surface area contributed by atoms with Crippen molar-refractivity contribution in [1.29, 1.82) is 0 Å². The quantitative estimate of drug-likeness (QED) is 0.744. The van der Waals surface area contributed by atoms with Crippen molar-refractivity contribution >= 4 is 11.9 Å². The Kier molecular flexibility index (Phi) is 4.93. The number of rotatable bonds is 5. The van der Waals surface area contributed by atoms with Crippen LogP contribution in [0.5, 0.6) is 0 Å². The summed E-state index contributed by atoms with van der Waals surface area (Å²) in [5.74, 6) is -0.786. The first-order valence-electron chi connectivity index (χ1n) is 6.23. The first-order chi connectivity index (χ1) is 7.97. The molecule has 2 N–H and O–H groups in total. The Bertz CT molecular complexity index is 293. The summed E-state index contributed by atoms with van der Waals surface area (Å²) in [4.78, 5) is 24.7. The first kappa shape index (κ1) is 14.0. The minimum absolute atomic E-state index is 0.00805. The average molecular weight is 242 g/mol. The number of amides is 1. The first-order valence-corrected chi connectivity index (χ1v) is 6.23. The van der Waals surface area contributed by atoms with Crippen molar-refractivity contribution in [3.63, 3.8) is 0 Å². The fourth-order valence-corrected chi connectivity index (χ4v) is 2.46. The van der Waals surface area contributed by atoms with Crippen LogP contribution in [0.25, 0.3) is 0 Å². The normalized spacial score (nSPS) is 25.6. The van der Waals surface area contributed by atoms with Gasteiger partial charge in [-0.05, 0) is 33.7 Å². The molecule has 17 heavy (non-hydrogen) atoms. The zero-order chi connectivity index (χ0) is 13.0. The second-order valence-electron chi connectivity index (χ2n) is 4.71. The molecule has 0 spiro atoms. The van der Waals surface area contributed by atoms with Gasteiger partial charge in [0.1, 0.15) is 0 Å². The summed E-state index contributed by atoms with van der Waals surface area (Å²) in [6.45, 7) is 7.12. The largest absolute Gasteiger partial charge is 0.481 e. The third-order valence-electron chi connectivity index (χ3n) is 3.47. The van der Waals surface area contributed by atoms with Gasteiger partial charge >= 0.3 is 5.97 Å². The third kappa shape index (κ3) is 3.43. The van der Waals surface area contributed by atoms with E-state index >= 15 is 0 Å².